The quantitative estimate of drug-likeness (QED) is 0.696. The Hall–Kier alpha value is -3.48. The van der Waals surface area contributed by atoms with Crippen LogP contribution in [-0.2, 0) is 23.3 Å². The van der Waals surface area contributed by atoms with E-state index in [1.165, 1.54) is 4.90 Å². The Labute approximate surface area is 167 Å². The number of nitrogens with zero attached hydrogens (tertiary/aromatic N) is 3. The minimum atomic E-state index is -0.995. The van der Waals surface area contributed by atoms with Gasteiger partial charge >= 0.3 is 6.03 Å². The lowest BCUT2D eigenvalue weighted by Crippen LogP contribution is -2.46. The molecule has 1 aliphatic carbocycles. The van der Waals surface area contributed by atoms with Crippen LogP contribution >= 0.6 is 0 Å². The average molecular weight is 388 g/mol. The number of imide groups is 1. The van der Waals surface area contributed by atoms with Gasteiger partial charge < -0.3 is 9.84 Å². The van der Waals surface area contributed by atoms with Crippen molar-refractivity contribution in [3.05, 3.63) is 71.1 Å². The van der Waals surface area contributed by atoms with E-state index in [1.807, 2.05) is 55.5 Å². The SMILES string of the molecule is Cc1ccccc1-c1noc(CN2C(=O)NC3(CCCc4ccccc43)C2=O)n1. The van der Waals surface area contributed by atoms with E-state index in [2.05, 4.69) is 15.5 Å². The lowest BCUT2D eigenvalue weighted by Gasteiger charge is -2.33. The van der Waals surface area contributed by atoms with Crippen molar-refractivity contribution in [2.45, 2.75) is 38.3 Å². The molecule has 2 aliphatic rings. The Morgan fingerprint density at radius 1 is 1.14 bits per heavy atom. The van der Waals surface area contributed by atoms with Gasteiger partial charge in [0.25, 0.3) is 5.91 Å². The van der Waals surface area contributed by atoms with E-state index in [0.717, 1.165) is 35.1 Å². The van der Waals surface area contributed by atoms with Crippen LogP contribution in [0.4, 0.5) is 4.79 Å². The number of urea groups is 1. The van der Waals surface area contributed by atoms with E-state index in [9.17, 15) is 9.59 Å². The fourth-order valence-corrected chi connectivity index (χ4v) is 4.34. The number of aryl methyl sites for hydroxylation is 2. The summed E-state index contributed by atoms with van der Waals surface area (Å²) in [6.45, 7) is 1.92. The number of hydrogen-bond acceptors (Lipinski definition) is 5. The zero-order chi connectivity index (χ0) is 20.0. The molecular weight excluding hydrogens is 368 g/mol. The molecule has 1 atom stereocenters. The van der Waals surface area contributed by atoms with Crippen molar-refractivity contribution in [2.75, 3.05) is 0 Å². The lowest BCUT2D eigenvalue weighted by molar-refractivity contribution is -0.132. The summed E-state index contributed by atoms with van der Waals surface area (Å²) >= 11 is 0. The molecule has 7 nitrogen and oxygen atoms in total. The molecule has 29 heavy (non-hydrogen) atoms. The first-order valence-electron chi connectivity index (χ1n) is 9.69. The topological polar surface area (TPSA) is 88.3 Å². The van der Waals surface area contributed by atoms with Gasteiger partial charge in [-0.05, 0) is 42.9 Å². The second-order valence-electron chi connectivity index (χ2n) is 7.56. The first-order chi connectivity index (χ1) is 14.1. The first kappa shape index (κ1) is 17.6. The van der Waals surface area contributed by atoms with E-state index < -0.39 is 11.6 Å². The Balaban J connectivity index is 1.44. The molecule has 3 aromatic rings. The molecular formula is C22H20N4O3. The average Bonchev–Trinajstić information content (AvgIpc) is 3.28. The van der Waals surface area contributed by atoms with E-state index in [4.69, 9.17) is 4.52 Å². The van der Waals surface area contributed by atoms with Crippen molar-refractivity contribution >= 4 is 11.9 Å². The predicted octanol–water partition coefficient (Wildman–Crippen LogP) is 3.33. The number of benzene rings is 2. The molecule has 146 valence electrons. The zero-order valence-corrected chi connectivity index (χ0v) is 16.0. The molecule has 1 saturated heterocycles. The summed E-state index contributed by atoms with van der Waals surface area (Å²) in [6, 6.07) is 15.1. The molecule has 1 aliphatic heterocycles. The molecule has 1 fully saturated rings. The maximum absolute atomic E-state index is 13.3. The van der Waals surface area contributed by atoms with Gasteiger partial charge in [-0.25, -0.2) is 4.79 Å². The van der Waals surface area contributed by atoms with Gasteiger partial charge in [-0.3, -0.25) is 9.69 Å². The van der Waals surface area contributed by atoms with Crippen molar-refractivity contribution in [2.24, 2.45) is 0 Å². The van der Waals surface area contributed by atoms with Crippen LogP contribution in [0.5, 0.6) is 0 Å². The van der Waals surface area contributed by atoms with Gasteiger partial charge in [-0.2, -0.15) is 4.98 Å². The van der Waals surface area contributed by atoms with Gasteiger partial charge in [-0.15, -0.1) is 0 Å². The molecule has 5 rings (SSSR count). The smallest absolute Gasteiger partial charge is 0.325 e. The summed E-state index contributed by atoms with van der Waals surface area (Å²) in [5.41, 5.74) is 2.88. The summed E-state index contributed by atoms with van der Waals surface area (Å²) in [4.78, 5) is 31.6. The molecule has 1 unspecified atom stereocenters. The molecule has 1 spiro atoms. The molecule has 3 amide bonds. The van der Waals surface area contributed by atoms with Crippen molar-refractivity contribution in [1.82, 2.24) is 20.4 Å². The van der Waals surface area contributed by atoms with E-state index in [0.29, 0.717) is 12.2 Å². The van der Waals surface area contributed by atoms with Crippen molar-refractivity contribution in [3.63, 3.8) is 0 Å². The summed E-state index contributed by atoms with van der Waals surface area (Å²) in [6.07, 6.45) is 2.34. The standard InChI is InChI=1S/C22H20N4O3/c1-14-7-2-4-10-16(14)19-23-18(29-25-19)13-26-20(27)22(24-21(26)28)12-6-9-15-8-3-5-11-17(15)22/h2-5,7-8,10-11H,6,9,12-13H2,1H3,(H,24,28). The third-order valence-electron chi connectivity index (χ3n) is 5.80. The van der Waals surface area contributed by atoms with Gasteiger partial charge in [0.1, 0.15) is 12.1 Å². The summed E-state index contributed by atoms with van der Waals surface area (Å²) in [5, 5.41) is 6.96. The minimum absolute atomic E-state index is 0.0482. The van der Waals surface area contributed by atoms with Crippen molar-refractivity contribution in [1.29, 1.82) is 0 Å². The molecule has 0 radical (unpaired) electrons. The number of aromatic nitrogens is 2. The van der Waals surface area contributed by atoms with Crippen LogP contribution in [0.3, 0.4) is 0 Å². The molecule has 2 heterocycles. The number of fused-ring (bicyclic) bond motifs is 2. The molecule has 0 saturated carbocycles. The molecule has 1 aromatic heterocycles. The van der Waals surface area contributed by atoms with Crippen molar-refractivity contribution in [3.8, 4) is 11.4 Å². The maximum atomic E-state index is 13.3. The Bertz CT molecular complexity index is 1120. The molecule has 1 N–H and O–H groups in total. The van der Waals surface area contributed by atoms with Crippen LogP contribution in [0.1, 0.15) is 35.4 Å². The highest BCUT2D eigenvalue weighted by Crippen LogP contribution is 2.40. The number of carbonyl (C=O) groups is 2. The van der Waals surface area contributed by atoms with Gasteiger partial charge in [-0.1, -0.05) is 53.7 Å². The molecule has 2 aromatic carbocycles. The monoisotopic (exact) mass is 388 g/mol. The van der Waals surface area contributed by atoms with Crippen LogP contribution < -0.4 is 5.32 Å². The van der Waals surface area contributed by atoms with Crippen LogP contribution in [0.2, 0.25) is 0 Å². The number of hydrogen-bond donors (Lipinski definition) is 1. The fourth-order valence-electron chi connectivity index (χ4n) is 4.34. The van der Waals surface area contributed by atoms with Crippen LogP contribution in [0.15, 0.2) is 53.1 Å². The van der Waals surface area contributed by atoms with Crippen LogP contribution in [0, 0.1) is 6.92 Å². The highest BCUT2D eigenvalue weighted by molar-refractivity contribution is 6.07. The normalized spacial score (nSPS) is 20.8. The Morgan fingerprint density at radius 3 is 2.79 bits per heavy atom. The highest BCUT2D eigenvalue weighted by Gasteiger charge is 2.54. The molecule has 0 bridgehead atoms. The summed E-state index contributed by atoms with van der Waals surface area (Å²) in [7, 11) is 0. The first-order valence-corrected chi connectivity index (χ1v) is 9.69. The van der Waals surface area contributed by atoms with Gasteiger partial charge in [0, 0.05) is 5.56 Å². The number of carbonyl (C=O) groups excluding carboxylic acids is 2. The van der Waals surface area contributed by atoms with Gasteiger partial charge in [0.15, 0.2) is 0 Å². The number of amides is 3. The maximum Gasteiger partial charge on any atom is 0.325 e. The zero-order valence-electron chi connectivity index (χ0n) is 16.0. The fraction of sp³-hybridized carbons (Fsp3) is 0.273. The van der Waals surface area contributed by atoms with E-state index >= 15 is 0 Å². The third kappa shape index (κ3) is 2.73. The minimum Gasteiger partial charge on any atom is -0.337 e. The van der Waals surface area contributed by atoms with Gasteiger partial charge in [0.2, 0.25) is 11.7 Å². The van der Waals surface area contributed by atoms with Crippen LogP contribution in [-0.4, -0.2) is 27.0 Å². The largest absolute Gasteiger partial charge is 0.337 e. The number of nitrogens with one attached hydrogen (secondary N) is 1. The summed E-state index contributed by atoms with van der Waals surface area (Å²) < 4.78 is 5.34. The second kappa shape index (κ2) is 6.55. The third-order valence-corrected chi connectivity index (χ3v) is 5.80. The predicted molar refractivity (Wildman–Crippen MR) is 105 cm³/mol. The molecule has 7 heteroatoms. The highest BCUT2D eigenvalue weighted by atomic mass is 16.5. The van der Waals surface area contributed by atoms with E-state index in [-0.39, 0.29) is 18.3 Å². The van der Waals surface area contributed by atoms with Crippen LogP contribution in [0.25, 0.3) is 11.4 Å². The number of rotatable bonds is 3. The lowest BCUT2D eigenvalue weighted by atomic mass is 9.76. The van der Waals surface area contributed by atoms with Crippen molar-refractivity contribution < 1.29 is 14.1 Å². The summed E-state index contributed by atoms with van der Waals surface area (Å²) in [5.74, 6) is 0.418. The second-order valence-corrected chi connectivity index (χ2v) is 7.56. The Morgan fingerprint density at radius 2 is 1.93 bits per heavy atom. The van der Waals surface area contributed by atoms with Gasteiger partial charge in [0.05, 0.1) is 0 Å². The Kier molecular flexibility index (Phi) is 3.97. The van der Waals surface area contributed by atoms with E-state index in [1.54, 1.807) is 0 Å².